The summed E-state index contributed by atoms with van der Waals surface area (Å²) >= 11 is 0. The molecule has 0 bridgehead atoms. The van der Waals surface area contributed by atoms with Gasteiger partial charge in [0.1, 0.15) is 5.75 Å². The second kappa shape index (κ2) is 6.24. The Balaban J connectivity index is 2.07. The topological polar surface area (TPSA) is 32.8 Å². The Hall–Kier alpha value is -1.92. The first-order valence-electron chi connectivity index (χ1n) is 6.71. The van der Waals surface area contributed by atoms with Gasteiger partial charge < -0.3 is 14.5 Å². The van der Waals surface area contributed by atoms with Crippen LogP contribution in [0.2, 0.25) is 0 Å². The lowest BCUT2D eigenvalue weighted by atomic mass is 10.2. The summed E-state index contributed by atoms with van der Waals surface area (Å²) in [4.78, 5) is 15.1. The van der Waals surface area contributed by atoms with Crippen LogP contribution < -0.4 is 9.64 Å². The van der Waals surface area contributed by atoms with Crippen molar-refractivity contribution in [3.05, 3.63) is 24.3 Å². The molecule has 1 aromatic carbocycles. The average Bonchev–Trinajstić information content (AvgIpc) is 2.62. The number of nitrogens with zero attached hydrogens (tertiary/aromatic N) is 2. The van der Waals surface area contributed by atoms with Crippen molar-refractivity contribution in [2.75, 3.05) is 31.1 Å². The van der Waals surface area contributed by atoms with E-state index in [4.69, 9.17) is 0 Å². The van der Waals surface area contributed by atoms with E-state index in [9.17, 15) is 18.0 Å². The molecule has 1 fully saturated rings. The summed E-state index contributed by atoms with van der Waals surface area (Å²) in [6.07, 6.45) is -3.91. The van der Waals surface area contributed by atoms with Crippen LogP contribution >= 0.6 is 0 Å². The Morgan fingerprint density at radius 2 is 1.95 bits per heavy atom. The third-order valence-electron chi connectivity index (χ3n) is 3.36. The molecule has 7 heteroatoms. The number of hydrogen-bond acceptors (Lipinski definition) is 3. The van der Waals surface area contributed by atoms with E-state index in [1.54, 1.807) is 11.0 Å². The Morgan fingerprint density at radius 3 is 2.62 bits per heavy atom. The zero-order chi connectivity index (χ0) is 15.5. The van der Waals surface area contributed by atoms with E-state index in [-0.39, 0.29) is 11.7 Å². The summed E-state index contributed by atoms with van der Waals surface area (Å²) in [6, 6.07) is 5.92. The Bertz CT molecular complexity index is 505. The molecule has 1 amide bonds. The molecule has 0 aromatic heterocycles. The molecule has 1 aliphatic heterocycles. The Kier molecular flexibility index (Phi) is 4.59. The molecule has 0 spiro atoms. The van der Waals surface area contributed by atoms with Crippen LogP contribution in [0, 0.1) is 0 Å². The quantitative estimate of drug-likeness (QED) is 0.842. The van der Waals surface area contributed by atoms with Gasteiger partial charge in [0.25, 0.3) is 0 Å². The first-order valence-corrected chi connectivity index (χ1v) is 6.71. The summed E-state index contributed by atoms with van der Waals surface area (Å²) < 4.78 is 40.7. The number of ether oxygens (including phenoxy) is 1. The summed E-state index contributed by atoms with van der Waals surface area (Å²) in [6.45, 7) is 4.05. The molecular formula is C14H17F3N2O2. The minimum absolute atomic E-state index is 0.0194. The van der Waals surface area contributed by atoms with Gasteiger partial charge in [-0.05, 0) is 18.6 Å². The lowest BCUT2D eigenvalue weighted by Crippen LogP contribution is -2.33. The van der Waals surface area contributed by atoms with Gasteiger partial charge in [0.15, 0.2) is 0 Å². The van der Waals surface area contributed by atoms with Crippen molar-refractivity contribution in [3.63, 3.8) is 0 Å². The highest BCUT2D eigenvalue weighted by molar-refractivity contribution is 5.73. The Labute approximate surface area is 121 Å². The van der Waals surface area contributed by atoms with Crippen LogP contribution in [0.5, 0.6) is 5.75 Å². The number of amides is 1. The second-order valence-corrected chi connectivity index (χ2v) is 4.89. The van der Waals surface area contributed by atoms with E-state index >= 15 is 0 Å². The zero-order valence-corrected chi connectivity index (χ0v) is 11.7. The maximum Gasteiger partial charge on any atom is 0.573 e. The molecule has 1 heterocycles. The predicted octanol–water partition coefficient (Wildman–Crippen LogP) is 2.64. The van der Waals surface area contributed by atoms with Crippen LogP contribution in [0.4, 0.5) is 18.9 Å². The lowest BCUT2D eigenvalue weighted by molar-refractivity contribution is -0.274. The molecule has 1 aliphatic rings. The van der Waals surface area contributed by atoms with Crippen molar-refractivity contribution in [2.24, 2.45) is 0 Å². The van der Waals surface area contributed by atoms with Crippen molar-refractivity contribution in [1.82, 2.24) is 4.90 Å². The van der Waals surface area contributed by atoms with E-state index in [1.165, 1.54) is 25.1 Å². The van der Waals surface area contributed by atoms with Crippen molar-refractivity contribution in [3.8, 4) is 5.75 Å². The number of halogens is 3. The van der Waals surface area contributed by atoms with Crippen LogP contribution in [-0.2, 0) is 4.79 Å². The lowest BCUT2D eigenvalue weighted by Gasteiger charge is -2.23. The number of carbonyl (C=O) groups is 1. The number of anilines is 1. The van der Waals surface area contributed by atoms with Crippen molar-refractivity contribution < 1.29 is 22.7 Å². The van der Waals surface area contributed by atoms with Gasteiger partial charge in [-0.3, -0.25) is 4.79 Å². The smallest absolute Gasteiger partial charge is 0.406 e. The number of carbonyl (C=O) groups excluding carboxylic acids is 1. The van der Waals surface area contributed by atoms with Crippen LogP contribution in [0.3, 0.4) is 0 Å². The maximum atomic E-state index is 12.2. The zero-order valence-electron chi connectivity index (χ0n) is 11.7. The largest absolute Gasteiger partial charge is 0.573 e. The number of alkyl halides is 3. The molecular weight excluding hydrogens is 285 g/mol. The van der Waals surface area contributed by atoms with E-state index in [1.807, 2.05) is 4.90 Å². The third kappa shape index (κ3) is 4.54. The summed E-state index contributed by atoms with van der Waals surface area (Å²) in [5, 5.41) is 0. The van der Waals surface area contributed by atoms with Gasteiger partial charge in [-0.15, -0.1) is 13.2 Å². The van der Waals surface area contributed by atoms with E-state index in [0.29, 0.717) is 31.9 Å². The number of rotatable bonds is 2. The summed E-state index contributed by atoms with van der Waals surface area (Å²) in [7, 11) is 0. The first kappa shape index (κ1) is 15.5. The summed E-state index contributed by atoms with van der Waals surface area (Å²) in [5.41, 5.74) is 0.669. The highest BCUT2D eigenvalue weighted by Gasteiger charge is 2.31. The van der Waals surface area contributed by atoms with Crippen molar-refractivity contribution in [1.29, 1.82) is 0 Å². The second-order valence-electron chi connectivity index (χ2n) is 4.89. The molecule has 0 atom stereocenters. The van der Waals surface area contributed by atoms with Gasteiger partial charge >= 0.3 is 6.36 Å². The molecule has 4 nitrogen and oxygen atoms in total. The molecule has 0 unspecified atom stereocenters. The Morgan fingerprint density at radius 1 is 1.19 bits per heavy atom. The van der Waals surface area contributed by atoms with Gasteiger partial charge in [-0.1, -0.05) is 6.07 Å². The standard InChI is InChI=1S/C14H17F3N2O2/c1-11(20)18-6-3-7-19(9-8-18)12-4-2-5-13(10-12)21-14(15,16)17/h2,4-5,10H,3,6-9H2,1H3. The van der Waals surface area contributed by atoms with E-state index in [0.717, 1.165) is 6.42 Å². The predicted molar refractivity (Wildman–Crippen MR) is 72.2 cm³/mol. The molecule has 0 aliphatic carbocycles. The van der Waals surface area contributed by atoms with Crippen LogP contribution in [0.25, 0.3) is 0 Å². The normalized spacial score (nSPS) is 16.6. The number of benzene rings is 1. The SMILES string of the molecule is CC(=O)N1CCCN(c2cccc(OC(F)(F)F)c2)CC1. The van der Waals surface area contributed by atoms with E-state index < -0.39 is 6.36 Å². The fraction of sp³-hybridized carbons (Fsp3) is 0.500. The van der Waals surface area contributed by atoms with Gasteiger partial charge in [0, 0.05) is 44.9 Å². The molecule has 2 rings (SSSR count). The average molecular weight is 302 g/mol. The number of hydrogen-bond donors (Lipinski definition) is 0. The highest BCUT2D eigenvalue weighted by Crippen LogP contribution is 2.27. The van der Waals surface area contributed by atoms with Crippen LogP contribution in [0.15, 0.2) is 24.3 Å². The summed E-state index contributed by atoms with van der Waals surface area (Å²) in [5.74, 6) is -0.210. The first-order chi connectivity index (χ1) is 9.85. The fourth-order valence-corrected chi connectivity index (χ4v) is 2.37. The monoisotopic (exact) mass is 302 g/mol. The van der Waals surface area contributed by atoms with Gasteiger partial charge in [0.2, 0.25) is 5.91 Å². The highest BCUT2D eigenvalue weighted by atomic mass is 19.4. The molecule has 0 radical (unpaired) electrons. The molecule has 1 aromatic rings. The molecule has 1 saturated heterocycles. The maximum absolute atomic E-state index is 12.2. The molecule has 21 heavy (non-hydrogen) atoms. The van der Waals surface area contributed by atoms with Crippen molar-refractivity contribution in [2.45, 2.75) is 19.7 Å². The third-order valence-corrected chi connectivity index (χ3v) is 3.36. The van der Waals surface area contributed by atoms with E-state index in [2.05, 4.69) is 4.74 Å². The van der Waals surface area contributed by atoms with Gasteiger partial charge in [-0.2, -0.15) is 0 Å². The molecule has 116 valence electrons. The minimum Gasteiger partial charge on any atom is -0.406 e. The van der Waals surface area contributed by atoms with Crippen molar-refractivity contribution >= 4 is 11.6 Å². The van der Waals surface area contributed by atoms with Crippen LogP contribution in [0.1, 0.15) is 13.3 Å². The fourth-order valence-electron chi connectivity index (χ4n) is 2.37. The minimum atomic E-state index is -4.69. The molecule has 0 saturated carbocycles. The van der Waals surface area contributed by atoms with Crippen LogP contribution in [-0.4, -0.2) is 43.3 Å². The van der Waals surface area contributed by atoms with Gasteiger partial charge in [-0.25, -0.2) is 0 Å². The molecule has 0 N–H and O–H groups in total. The van der Waals surface area contributed by atoms with Gasteiger partial charge in [0.05, 0.1) is 0 Å².